The fraction of sp³-hybridized carbons (Fsp3) is 0.273. The van der Waals surface area contributed by atoms with Crippen molar-refractivity contribution in [3.63, 3.8) is 0 Å². The first kappa shape index (κ1) is 18.4. The Morgan fingerprint density at radius 3 is 2.82 bits per heavy atom. The largest absolute Gasteiger partial charge is 0.347 e. The zero-order valence-corrected chi connectivity index (χ0v) is 15.8. The summed E-state index contributed by atoms with van der Waals surface area (Å²) in [5, 5.41) is 3.37. The van der Waals surface area contributed by atoms with Crippen molar-refractivity contribution >= 4 is 5.91 Å². The summed E-state index contributed by atoms with van der Waals surface area (Å²) in [7, 11) is 1.77. The van der Waals surface area contributed by atoms with E-state index in [0.29, 0.717) is 12.2 Å². The quantitative estimate of drug-likeness (QED) is 0.718. The van der Waals surface area contributed by atoms with Crippen LogP contribution in [-0.2, 0) is 24.2 Å². The summed E-state index contributed by atoms with van der Waals surface area (Å²) >= 11 is 0. The molecule has 2 N–H and O–H groups in total. The van der Waals surface area contributed by atoms with Crippen LogP contribution in [0.4, 0.5) is 4.39 Å². The van der Waals surface area contributed by atoms with E-state index in [1.165, 1.54) is 23.3 Å². The number of likely N-dealkylation sites (N-methyl/N-ethyl adjacent to an activating group) is 1. The molecule has 1 atom stereocenters. The molecule has 1 unspecified atom stereocenters. The van der Waals surface area contributed by atoms with Crippen LogP contribution in [0.25, 0.3) is 0 Å². The summed E-state index contributed by atoms with van der Waals surface area (Å²) in [6.07, 6.45) is 4.65. The van der Waals surface area contributed by atoms with Gasteiger partial charge in [-0.3, -0.25) is 4.79 Å². The molecule has 3 aromatic rings. The zero-order valence-electron chi connectivity index (χ0n) is 15.8. The second kappa shape index (κ2) is 7.94. The summed E-state index contributed by atoms with van der Waals surface area (Å²) in [5.41, 5.74) is 4.43. The predicted octanol–water partition coefficient (Wildman–Crippen LogP) is 2.99. The number of nitrogens with one attached hydrogen (secondary N) is 2. The number of fused-ring (bicyclic) bond motifs is 1. The molecule has 0 aliphatic carbocycles. The van der Waals surface area contributed by atoms with Crippen LogP contribution in [0, 0.1) is 5.82 Å². The molecule has 1 amide bonds. The molecule has 0 saturated carbocycles. The molecule has 0 fully saturated rings. The number of benzene rings is 2. The number of carbonyl (C=O) groups is 1. The van der Waals surface area contributed by atoms with Gasteiger partial charge in [0.05, 0.1) is 6.42 Å². The van der Waals surface area contributed by atoms with E-state index in [-0.39, 0.29) is 11.7 Å². The van der Waals surface area contributed by atoms with E-state index in [9.17, 15) is 9.18 Å². The van der Waals surface area contributed by atoms with Crippen LogP contribution in [0.1, 0.15) is 34.1 Å². The summed E-state index contributed by atoms with van der Waals surface area (Å²) in [5.74, 6) is 0.347. The smallest absolute Gasteiger partial charge is 0.227 e. The third-order valence-corrected chi connectivity index (χ3v) is 5.32. The standard InChI is InChI=1S/C22H23FN4O/c1-27(20(28)13-16-3-2-4-17-14-24-10-9-19(16)17)21(22-25-11-12-26-22)15-5-7-18(23)8-6-15/h2-8,11-12,21,24H,9-10,13-14H2,1H3,(H,25,26). The number of halogens is 1. The third kappa shape index (κ3) is 3.68. The van der Waals surface area contributed by atoms with Crippen molar-refractivity contribution in [2.75, 3.05) is 13.6 Å². The van der Waals surface area contributed by atoms with Crippen molar-refractivity contribution < 1.29 is 9.18 Å². The molecule has 28 heavy (non-hydrogen) atoms. The molecule has 5 nitrogen and oxygen atoms in total. The number of aromatic amines is 1. The van der Waals surface area contributed by atoms with Gasteiger partial charge in [-0.05, 0) is 47.4 Å². The number of imidazole rings is 1. The van der Waals surface area contributed by atoms with E-state index in [4.69, 9.17) is 0 Å². The minimum Gasteiger partial charge on any atom is -0.347 e. The number of H-pyrrole nitrogens is 1. The zero-order chi connectivity index (χ0) is 19.5. The molecule has 6 heteroatoms. The monoisotopic (exact) mass is 378 g/mol. The Balaban J connectivity index is 1.61. The number of hydrogen-bond acceptors (Lipinski definition) is 3. The van der Waals surface area contributed by atoms with Crippen molar-refractivity contribution in [3.8, 4) is 0 Å². The lowest BCUT2D eigenvalue weighted by molar-refractivity contribution is -0.130. The van der Waals surface area contributed by atoms with Gasteiger partial charge in [-0.2, -0.15) is 0 Å². The van der Waals surface area contributed by atoms with E-state index in [2.05, 4.69) is 21.4 Å². The molecular formula is C22H23FN4O. The molecule has 0 radical (unpaired) electrons. The summed E-state index contributed by atoms with van der Waals surface area (Å²) < 4.78 is 13.4. The number of rotatable bonds is 5. The topological polar surface area (TPSA) is 61.0 Å². The van der Waals surface area contributed by atoms with Gasteiger partial charge in [0, 0.05) is 26.0 Å². The normalized spacial score (nSPS) is 14.4. The van der Waals surface area contributed by atoms with E-state index in [1.807, 2.05) is 12.1 Å². The van der Waals surface area contributed by atoms with Crippen LogP contribution < -0.4 is 5.32 Å². The maximum Gasteiger partial charge on any atom is 0.227 e. The first-order valence-electron chi connectivity index (χ1n) is 9.44. The van der Waals surface area contributed by atoms with Crippen LogP contribution in [0.15, 0.2) is 54.9 Å². The highest BCUT2D eigenvalue weighted by Gasteiger charge is 2.26. The molecule has 0 spiro atoms. The molecule has 144 valence electrons. The predicted molar refractivity (Wildman–Crippen MR) is 105 cm³/mol. The van der Waals surface area contributed by atoms with Gasteiger partial charge in [0.15, 0.2) is 0 Å². The highest BCUT2D eigenvalue weighted by atomic mass is 19.1. The lowest BCUT2D eigenvalue weighted by Gasteiger charge is -2.28. The fourth-order valence-electron chi connectivity index (χ4n) is 3.85. The average Bonchev–Trinajstić information content (AvgIpc) is 3.24. The second-order valence-electron chi connectivity index (χ2n) is 7.09. The first-order chi connectivity index (χ1) is 13.6. The average molecular weight is 378 g/mol. The van der Waals surface area contributed by atoms with Gasteiger partial charge in [0.2, 0.25) is 5.91 Å². The van der Waals surface area contributed by atoms with Gasteiger partial charge in [0.25, 0.3) is 0 Å². The highest BCUT2D eigenvalue weighted by molar-refractivity contribution is 5.80. The van der Waals surface area contributed by atoms with Gasteiger partial charge < -0.3 is 15.2 Å². The van der Waals surface area contributed by atoms with Crippen LogP contribution >= 0.6 is 0 Å². The molecule has 1 aromatic heterocycles. The van der Waals surface area contributed by atoms with Crippen molar-refractivity contribution in [1.82, 2.24) is 20.2 Å². The SMILES string of the molecule is CN(C(=O)Cc1cccc2c1CCNC2)C(c1ccc(F)cc1)c1ncc[nH]1. The van der Waals surface area contributed by atoms with Crippen molar-refractivity contribution in [2.45, 2.75) is 25.4 Å². The number of amides is 1. The van der Waals surface area contributed by atoms with Crippen LogP contribution in [0.3, 0.4) is 0 Å². The molecule has 1 aliphatic rings. The van der Waals surface area contributed by atoms with Crippen LogP contribution in [-0.4, -0.2) is 34.4 Å². The van der Waals surface area contributed by atoms with E-state index in [0.717, 1.165) is 30.6 Å². The lowest BCUT2D eigenvalue weighted by atomic mass is 9.93. The van der Waals surface area contributed by atoms with Gasteiger partial charge in [-0.25, -0.2) is 9.37 Å². The molecule has 4 rings (SSSR count). The number of hydrogen-bond donors (Lipinski definition) is 2. The van der Waals surface area contributed by atoms with Gasteiger partial charge >= 0.3 is 0 Å². The van der Waals surface area contributed by atoms with E-state index in [1.54, 1.807) is 36.5 Å². The third-order valence-electron chi connectivity index (χ3n) is 5.32. The molecule has 2 heterocycles. The number of carbonyl (C=O) groups excluding carboxylic acids is 1. The Morgan fingerprint density at radius 1 is 1.25 bits per heavy atom. The Labute approximate surface area is 163 Å². The molecule has 1 aliphatic heterocycles. The lowest BCUT2D eigenvalue weighted by Crippen LogP contribution is -2.34. The Bertz CT molecular complexity index is 953. The van der Waals surface area contributed by atoms with Gasteiger partial charge in [-0.1, -0.05) is 30.3 Å². The van der Waals surface area contributed by atoms with Crippen molar-refractivity contribution in [2.24, 2.45) is 0 Å². The van der Waals surface area contributed by atoms with E-state index < -0.39 is 6.04 Å². The van der Waals surface area contributed by atoms with Crippen LogP contribution in [0.5, 0.6) is 0 Å². The minimum absolute atomic E-state index is 0.00217. The summed E-state index contributed by atoms with van der Waals surface area (Å²) in [6.45, 7) is 1.77. The van der Waals surface area contributed by atoms with Crippen molar-refractivity contribution in [3.05, 3.63) is 88.8 Å². The molecular weight excluding hydrogens is 355 g/mol. The number of nitrogens with zero attached hydrogens (tertiary/aromatic N) is 2. The van der Waals surface area contributed by atoms with Crippen molar-refractivity contribution in [1.29, 1.82) is 0 Å². The fourth-order valence-corrected chi connectivity index (χ4v) is 3.85. The maximum atomic E-state index is 13.4. The van der Waals surface area contributed by atoms with Gasteiger partial charge in [-0.15, -0.1) is 0 Å². The Hall–Kier alpha value is -2.99. The number of aromatic nitrogens is 2. The highest BCUT2D eigenvalue weighted by Crippen LogP contribution is 2.27. The second-order valence-corrected chi connectivity index (χ2v) is 7.09. The Morgan fingerprint density at radius 2 is 2.07 bits per heavy atom. The molecule has 0 bridgehead atoms. The van der Waals surface area contributed by atoms with Gasteiger partial charge in [0.1, 0.15) is 17.7 Å². The first-order valence-corrected chi connectivity index (χ1v) is 9.44. The summed E-state index contributed by atoms with van der Waals surface area (Å²) in [4.78, 5) is 22.3. The van der Waals surface area contributed by atoms with E-state index >= 15 is 0 Å². The maximum absolute atomic E-state index is 13.4. The Kier molecular flexibility index (Phi) is 5.21. The molecule has 2 aromatic carbocycles. The minimum atomic E-state index is -0.399. The van der Waals surface area contributed by atoms with Crippen LogP contribution in [0.2, 0.25) is 0 Å². The molecule has 0 saturated heterocycles. The summed E-state index contributed by atoms with van der Waals surface area (Å²) in [6, 6.07) is 12.0.